The number of hydrogen-bond donors (Lipinski definition) is 0. The summed E-state index contributed by atoms with van der Waals surface area (Å²) < 4.78 is 10.2. The van der Waals surface area contributed by atoms with Crippen LogP contribution in [0.5, 0.6) is 0 Å². The van der Waals surface area contributed by atoms with E-state index in [0.29, 0.717) is 6.61 Å². The Bertz CT molecular complexity index is 373. The lowest BCUT2D eigenvalue weighted by Gasteiger charge is -2.57. The van der Waals surface area contributed by atoms with Gasteiger partial charge >= 0.3 is 5.97 Å². The van der Waals surface area contributed by atoms with E-state index in [4.69, 9.17) is 9.47 Å². The van der Waals surface area contributed by atoms with Crippen LogP contribution in [0.4, 0.5) is 0 Å². The van der Waals surface area contributed by atoms with Crippen LogP contribution < -0.4 is 0 Å². The Morgan fingerprint density at radius 1 is 1.11 bits per heavy atom. The molecule has 0 aromatic rings. The van der Waals surface area contributed by atoms with Crippen LogP contribution in [0.3, 0.4) is 0 Å². The second-order valence-corrected chi connectivity index (χ2v) is 6.84. The summed E-state index contributed by atoms with van der Waals surface area (Å²) in [5, 5.41) is 0. The van der Waals surface area contributed by atoms with Crippen molar-refractivity contribution in [2.24, 2.45) is 23.2 Å². The van der Waals surface area contributed by atoms with Gasteiger partial charge in [-0.25, -0.2) is 4.79 Å². The molecule has 5 fully saturated rings. The van der Waals surface area contributed by atoms with Gasteiger partial charge in [-0.3, -0.25) is 0 Å². The summed E-state index contributed by atoms with van der Waals surface area (Å²) in [7, 11) is 0. The van der Waals surface area contributed by atoms with Gasteiger partial charge in [0.25, 0.3) is 0 Å². The second-order valence-electron chi connectivity index (χ2n) is 6.84. The van der Waals surface area contributed by atoms with Crippen molar-refractivity contribution in [1.29, 1.82) is 0 Å². The van der Waals surface area contributed by atoms with Crippen molar-refractivity contribution in [3.63, 3.8) is 0 Å². The standard InChI is InChI=1S/C15H20O3/c1-9(14(16)18-13-8-17-13)15-5-10-2-11(6-15)4-12(3-10)7-15/h10-13H,1-8H2. The molecule has 1 saturated heterocycles. The number of rotatable bonds is 3. The van der Waals surface area contributed by atoms with Crippen LogP contribution in [0, 0.1) is 23.2 Å². The van der Waals surface area contributed by atoms with E-state index in [0.717, 1.165) is 23.3 Å². The van der Waals surface area contributed by atoms with Crippen LogP contribution in [-0.2, 0) is 14.3 Å². The fourth-order valence-electron chi connectivity index (χ4n) is 4.99. The SMILES string of the molecule is C=C(C(=O)OC1CO1)C12CC3CC(CC(C3)C1)C2. The van der Waals surface area contributed by atoms with Gasteiger partial charge in [0.15, 0.2) is 0 Å². The maximum absolute atomic E-state index is 12.1. The van der Waals surface area contributed by atoms with E-state index in [1.165, 1.54) is 38.5 Å². The molecular weight excluding hydrogens is 228 g/mol. The summed E-state index contributed by atoms with van der Waals surface area (Å²) in [4.78, 5) is 12.1. The molecular formula is C15H20O3. The topological polar surface area (TPSA) is 38.8 Å². The molecule has 1 unspecified atom stereocenters. The molecule has 0 N–H and O–H groups in total. The summed E-state index contributed by atoms with van der Waals surface area (Å²) in [5.74, 6) is 2.29. The number of ether oxygens (including phenoxy) is 2. The van der Waals surface area contributed by atoms with Crippen molar-refractivity contribution >= 4 is 5.97 Å². The molecule has 18 heavy (non-hydrogen) atoms. The van der Waals surface area contributed by atoms with Crippen molar-refractivity contribution in [2.45, 2.75) is 44.8 Å². The van der Waals surface area contributed by atoms with Gasteiger partial charge in [-0.15, -0.1) is 0 Å². The molecule has 0 amide bonds. The average molecular weight is 248 g/mol. The van der Waals surface area contributed by atoms with Gasteiger partial charge in [0.2, 0.25) is 6.29 Å². The molecule has 0 aromatic heterocycles. The monoisotopic (exact) mass is 248 g/mol. The molecule has 0 aromatic carbocycles. The van der Waals surface area contributed by atoms with E-state index in [1.807, 2.05) is 0 Å². The van der Waals surface area contributed by atoms with E-state index in [-0.39, 0.29) is 17.7 Å². The molecule has 4 aliphatic carbocycles. The lowest BCUT2D eigenvalue weighted by atomic mass is 9.48. The summed E-state index contributed by atoms with van der Waals surface area (Å²) >= 11 is 0. The maximum Gasteiger partial charge on any atom is 0.336 e. The Balaban J connectivity index is 1.55. The first-order valence-electron chi connectivity index (χ1n) is 7.17. The van der Waals surface area contributed by atoms with Crippen molar-refractivity contribution in [3.8, 4) is 0 Å². The third kappa shape index (κ3) is 1.63. The Hall–Kier alpha value is -0.830. The van der Waals surface area contributed by atoms with Crippen LogP contribution in [0.25, 0.3) is 0 Å². The zero-order valence-corrected chi connectivity index (χ0v) is 10.7. The fraction of sp³-hybridized carbons (Fsp3) is 0.800. The minimum atomic E-state index is -0.289. The highest BCUT2D eigenvalue weighted by Gasteiger charge is 2.53. The van der Waals surface area contributed by atoms with E-state index >= 15 is 0 Å². The van der Waals surface area contributed by atoms with Gasteiger partial charge in [0.1, 0.15) is 6.61 Å². The highest BCUT2D eigenvalue weighted by Crippen LogP contribution is 2.62. The second kappa shape index (κ2) is 3.60. The molecule has 4 bridgehead atoms. The third-order valence-electron chi connectivity index (χ3n) is 5.47. The minimum absolute atomic E-state index is 0.0702. The zero-order chi connectivity index (χ0) is 12.3. The average Bonchev–Trinajstić information content (AvgIpc) is 3.10. The first-order valence-corrected chi connectivity index (χ1v) is 7.17. The zero-order valence-electron chi connectivity index (χ0n) is 10.7. The van der Waals surface area contributed by atoms with Crippen LogP contribution in [0.2, 0.25) is 0 Å². The number of hydrogen-bond acceptors (Lipinski definition) is 3. The van der Waals surface area contributed by atoms with Gasteiger partial charge in [0, 0.05) is 11.0 Å². The summed E-state index contributed by atoms with van der Waals surface area (Å²) in [6.45, 7) is 4.65. The molecule has 3 heteroatoms. The highest BCUT2D eigenvalue weighted by atomic mass is 16.8. The summed E-state index contributed by atoms with van der Waals surface area (Å²) in [6.07, 6.45) is 7.35. The van der Waals surface area contributed by atoms with Crippen molar-refractivity contribution < 1.29 is 14.3 Å². The predicted octanol–water partition coefficient (Wildman–Crippen LogP) is 2.66. The van der Waals surface area contributed by atoms with Crippen LogP contribution in [0.15, 0.2) is 12.2 Å². The summed E-state index contributed by atoms with van der Waals surface area (Å²) in [5.41, 5.74) is 0.804. The maximum atomic E-state index is 12.1. The Morgan fingerprint density at radius 3 is 2.06 bits per heavy atom. The molecule has 3 nitrogen and oxygen atoms in total. The molecule has 1 heterocycles. The Labute approximate surface area is 108 Å². The Morgan fingerprint density at radius 2 is 1.61 bits per heavy atom. The van der Waals surface area contributed by atoms with Crippen LogP contribution >= 0.6 is 0 Å². The number of epoxide rings is 1. The third-order valence-corrected chi connectivity index (χ3v) is 5.47. The molecule has 0 radical (unpaired) electrons. The van der Waals surface area contributed by atoms with Gasteiger partial charge in [-0.05, 0) is 56.3 Å². The fourth-order valence-corrected chi connectivity index (χ4v) is 4.99. The lowest BCUT2D eigenvalue weighted by Crippen LogP contribution is -2.48. The quantitative estimate of drug-likeness (QED) is 0.438. The first kappa shape index (κ1) is 11.0. The molecule has 5 rings (SSSR count). The van der Waals surface area contributed by atoms with Crippen molar-refractivity contribution in [3.05, 3.63) is 12.2 Å². The van der Waals surface area contributed by atoms with E-state index in [2.05, 4.69) is 6.58 Å². The van der Waals surface area contributed by atoms with Gasteiger partial charge in [-0.1, -0.05) is 6.58 Å². The normalized spacial score (nSPS) is 48.0. The molecule has 0 spiro atoms. The van der Waals surface area contributed by atoms with Crippen LogP contribution in [-0.4, -0.2) is 18.9 Å². The van der Waals surface area contributed by atoms with Gasteiger partial charge in [-0.2, -0.15) is 0 Å². The number of esters is 1. The number of carbonyl (C=O) groups is 1. The molecule has 1 atom stereocenters. The predicted molar refractivity (Wildman–Crippen MR) is 65.6 cm³/mol. The number of carbonyl (C=O) groups excluding carboxylic acids is 1. The lowest BCUT2D eigenvalue weighted by molar-refractivity contribution is -0.147. The molecule has 5 aliphatic rings. The van der Waals surface area contributed by atoms with E-state index in [1.54, 1.807) is 0 Å². The summed E-state index contributed by atoms with van der Waals surface area (Å²) in [6, 6.07) is 0. The van der Waals surface area contributed by atoms with Gasteiger partial charge < -0.3 is 9.47 Å². The smallest absolute Gasteiger partial charge is 0.336 e. The van der Waals surface area contributed by atoms with E-state index in [9.17, 15) is 4.79 Å². The Kier molecular flexibility index (Phi) is 2.20. The van der Waals surface area contributed by atoms with Crippen LogP contribution in [0.1, 0.15) is 38.5 Å². The largest absolute Gasteiger partial charge is 0.430 e. The van der Waals surface area contributed by atoms with Gasteiger partial charge in [0.05, 0.1) is 0 Å². The van der Waals surface area contributed by atoms with Crippen molar-refractivity contribution in [1.82, 2.24) is 0 Å². The minimum Gasteiger partial charge on any atom is -0.430 e. The van der Waals surface area contributed by atoms with E-state index < -0.39 is 0 Å². The molecule has 98 valence electrons. The molecule has 1 aliphatic heterocycles. The first-order chi connectivity index (χ1) is 8.64. The highest BCUT2D eigenvalue weighted by molar-refractivity contribution is 5.89. The van der Waals surface area contributed by atoms with Crippen molar-refractivity contribution in [2.75, 3.05) is 6.61 Å². The molecule has 4 saturated carbocycles.